The van der Waals surface area contributed by atoms with Gasteiger partial charge in [-0.2, -0.15) is 0 Å². The van der Waals surface area contributed by atoms with Crippen LogP contribution < -0.4 is 15.1 Å². The standard InChI is InChI=1S/C27H28ClN3O6S/c1-2-3-4-5-20-16-21(17-30-24(20)27(34)35)26(33)31-38(36,37)23-12-6-18(7-13-23)14-15-29-25(32)19-8-10-22(28)11-9-19/h6-13,16-17H,2-5,14-15H2,1H3,(H,29,32)(H,31,33)(H,34,35)/p-1. The molecule has 3 rings (SSSR count). The summed E-state index contributed by atoms with van der Waals surface area (Å²) in [7, 11) is -4.19. The monoisotopic (exact) mass is 556 g/mol. The van der Waals surface area contributed by atoms with Crippen molar-refractivity contribution in [2.75, 3.05) is 6.54 Å². The van der Waals surface area contributed by atoms with Crippen molar-refractivity contribution in [3.63, 3.8) is 0 Å². The third kappa shape index (κ3) is 7.87. The Morgan fingerprint density at radius 1 is 0.921 bits per heavy atom. The number of unbranched alkanes of at least 4 members (excludes halogenated alkanes) is 2. The minimum atomic E-state index is -4.19. The molecule has 0 aliphatic carbocycles. The number of amides is 2. The van der Waals surface area contributed by atoms with Crippen LogP contribution in [0.5, 0.6) is 0 Å². The summed E-state index contributed by atoms with van der Waals surface area (Å²) in [5.74, 6) is -2.63. The highest BCUT2D eigenvalue weighted by Gasteiger charge is 2.20. The number of sulfonamides is 1. The lowest BCUT2D eigenvalue weighted by Crippen LogP contribution is -2.31. The lowest BCUT2D eigenvalue weighted by molar-refractivity contribution is -0.255. The molecular formula is C27H27ClN3O6S-. The van der Waals surface area contributed by atoms with Gasteiger partial charge in [-0.1, -0.05) is 43.5 Å². The van der Waals surface area contributed by atoms with Crippen molar-refractivity contribution in [2.24, 2.45) is 0 Å². The third-order valence-electron chi connectivity index (χ3n) is 5.74. The number of carbonyl (C=O) groups is 3. The second-order valence-electron chi connectivity index (χ2n) is 8.57. The average molecular weight is 557 g/mol. The van der Waals surface area contributed by atoms with Crippen LogP contribution in [0.25, 0.3) is 0 Å². The number of pyridine rings is 1. The van der Waals surface area contributed by atoms with Crippen molar-refractivity contribution in [1.82, 2.24) is 15.0 Å². The van der Waals surface area contributed by atoms with Crippen LogP contribution in [0.3, 0.4) is 0 Å². The Hall–Kier alpha value is -3.76. The molecule has 1 heterocycles. The smallest absolute Gasteiger partial charge is 0.266 e. The van der Waals surface area contributed by atoms with Gasteiger partial charge in [-0.25, -0.2) is 13.1 Å². The quantitative estimate of drug-likeness (QED) is 0.326. The van der Waals surface area contributed by atoms with Gasteiger partial charge in [0.05, 0.1) is 22.1 Å². The van der Waals surface area contributed by atoms with Crippen molar-refractivity contribution < 1.29 is 27.9 Å². The fourth-order valence-corrected chi connectivity index (χ4v) is 4.77. The highest BCUT2D eigenvalue weighted by atomic mass is 35.5. The van der Waals surface area contributed by atoms with E-state index in [4.69, 9.17) is 11.6 Å². The van der Waals surface area contributed by atoms with Crippen molar-refractivity contribution in [3.05, 3.63) is 93.8 Å². The highest BCUT2D eigenvalue weighted by Crippen LogP contribution is 2.16. The zero-order valence-electron chi connectivity index (χ0n) is 20.7. The van der Waals surface area contributed by atoms with E-state index in [1.54, 1.807) is 36.4 Å². The van der Waals surface area contributed by atoms with Gasteiger partial charge in [0, 0.05) is 23.3 Å². The molecule has 3 aromatic rings. The van der Waals surface area contributed by atoms with Crippen LogP contribution in [-0.2, 0) is 22.9 Å². The van der Waals surface area contributed by atoms with E-state index in [2.05, 4.69) is 10.3 Å². The summed E-state index contributed by atoms with van der Waals surface area (Å²) in [5.41, 5.74) is 1.24. The maximum absolute atomic E-state index is 12.8. The number of rotatable bonds is 12. The van der Waals surface area contributed by atoms with E-state index >= 15 is 0 Å². The number of benzene rings is 2. The molecule has 200 valence electrons. The Balaban J connectivity index is 1.61. The summed E-state index contributed by atoms with van der Waals surface area (Å²) >= 11 is 5.83. The molecule has 0 radical (unpaired) electrons. The lowest BCUT2D eigenvalue weighted by Gasteiger charge is -2.12. The number of aromatic nitrogens is 1. The van der Waals surface area contributed by atoms with Gasteiger partial charge in [-0.05, 0) is 72.9 Å². The first-order valence-corrected chi connectivity index (χ1v) is 13.9. The van der Waals surface area contributed by atoms with Gasteiger partial charge in [0.1, 0.15) is 0 Å². The summed E-state index contributed by atoms with van der Waals surface area (Å²) in [6.07, 6.45) is 4.33. The van der Waals surface area contributed by atoms with Crippen LogP contribution in [0.15, 0.2) is 65.7 Å². The van der Waals surface area contributed by atoms with Gasteiger partial charge in [0.2, 0.25) is 0 Å². The zero-order chi connectivity index (χ0) is 27.7. The number of aromatic carboxylic acids is 1. The molecule has 0 bridgehead atoms. The first kappa shape index (κ1) is 28.8. The topological polar surface area (TPSA) is 145 Å². The van der Waals surface area contributed by atoms with Gasteiger partial charge in [-0.3, -0.25) is 14.6 Å². The number of hydrogen-bond donors (Lipinski definition) is 2. The summed E-state index contributed by atoms with van der Waals surface area (Å²) in [6.45, 7) is 2.33. The van der Waals surface area contributed by atoms with Crippen molar-refractivity contribution in [1.29, 1.82) is 0 Å². The van der Waals surface area contributed by atoms with Crippen molar-refractivity contribution in [2.45, 2.75) is 43.9 Å². The van der Waals surface area contributed by atoms with Crippen molar-refractivity contribution in [3.8, 4) is 0 Å². The molecule has 0 spiro atoms. The normalized spacial score (nSPS) is 11.1. The Bertz CT molecular complexity index is 1410. The number of nitrogens with zero attached hydrogens (tertiary/aromatic N) is 1. The molecule has 0 unspecified atom stereocenters. The van der Waals surface area contributed by atoms with Gasteiger partial charge < -0.3 is 15.2 Å². The number of aryl methyl sites for hydroxylation is 1. The zero-order valence-corrected chi connectivity index (χ0v) is 22.3. The van der Waals surface area contributed by atoms with Gasteiger partial charge in [-0.15, -0.1) is 0 Å². The van der Waals surface area contributed by atoms with Crippen molar-refractivity contribution >= 4 is 39.4 Å². The summed E-state index contributed by atoms with van der Waals surface area (Å²) in [5, 5.41) is 14.7. The number of carboxylic acid groups (broad SMARTS) is 1. The minimum absolute atomic E-state index is 0.0712. The number of hydrogen-bond acceptors (Lipinski definition) is 7. The average Bonchev–Trinajstić information content (AvgIpc) is 2.89. The SMILES string of the molecule is CCCCCc1cc(C(=O)NS(=O)(=O)c2ccc(CCNC(=O)c3ccc(Cl)cc3)cc2)cnc1C(=O)[O-]. The molecule has 2 aromatic carbocycles. The molecule has 11 heteroatoms. The molecular weight excluding hydrogens is 530 g/mol. The van der Waals surface area contributed by atoms with Crippen LogP contribution in [0.4, 0.5) is 0 Å². The van der Waals surface area contributed by atoms with Gasteiger partial charge in [0.25, 0.3) is 21.8 Å². The van der Waals surface area contributed by atoms with E-state index in [1.807, 2.05) is 11.6 Å². The third-order valence-corrected chi connectivity index (χ3v) is 7.34. The van der Waals surface area contributed by atoms with Gasteiger partial charge >= 0.3 is 0 Å². The number of carbonyl (C=O) groups excluding carboxylic acids is 3. The van der Waals surface area contributed by atoms with Crippen LogP contribution in [0.2, 0.25) is 5.02 Å². The fraction of sp³-hybridized carbons (Fsp3) is 0.259. The van der Waals surface area contributed by atoms with Gasteiger partial charge in [0.15, 0.2) is 0 Å². The number of nitrogens with one attached hydrogen (secondary N) is 2. The van der Waals surface area contributed by atoms with Crippen LogP contribution in [0, 0.1) is 0 Å². The van der Waals surface area contributed by atoms with E-state index < -0.39 is 21.9 Å². The van der Waals surface area contributed by atoms with E-state index in [0.717, 1.165) is 24.6 Å². The first-order valence-electron chi connectivity index (χ1n) is 12.0. The van der Waals surface area contributed by atoms with E-state index in [0.29, 0.717) is 42.0 Å². The molecule has 1 aromatic heterocycles. The first-order chi connectivity index (χ1) is 18.1. The lowest BCUT2D eigenvalue weighted by atomic mass is 10.0. The molecule has 0 atom stereocenters. The van der Waals surface area contributed by atoms with E-state index in [1.165, 1.54) is 18.2 Å². The molecule has 0 fully saturated rings. The Labute approximate surface area is 226 Å². The second-order valence-corrected chi connectivity index (χ2v) is 10.7. The number of halogens is 1. The summed E-state index contributed by atoms with van der Waals surface area (Å²) in [6, 6.07) is 13.7. The molecule has 0 saturated carbocycles. The highest BCUT2D eigenvalue weighted by molar-refractivity contribution is 7.90. The minimum Gasteiger partial charge on any atom is -0.543 e. The molecule has 9 nitrogen and oxygen atoms in total. The Morgan fingerprint density at radius 2 is 1.61 bits per heavy atom. The maximum atomic E-state index is 12.8. The Morgan fingerprint density at radius 3 is 2.24 bits per heavy atom. The predicted octanol–water partition coefficient (Wildman–Crippen LogP) is 2.92. The molecule has 0 saturated heterocycles. The number of carboxylic acids is 1. The van der Waals surface area contributed by atoms with E-state index in [9.17, 15) is 27.9 Å². The molecule has 38 heavy (non-hydrogen) atoms. The summed E-state index contributed by atoms with van der Waals surface area (Å²) in [4.78, 5) is 39.9. The Kier molecular flexibility index (Phi) is 9.98. The molecule has 0 aliphatic rings. The second kappa shape index (κ2) is 13.2. The molecule has 0 aliphatic heterocycles. The molecule has 2 N–H and O–H groups in total. The van der Waals surface area contributed by atoms with Crippen LogP contribution >= 0.6 is 11.6 Å². The predicted molar refractivity (Wildman–Crippen MR) is 140 cm³/mol. The van der Waals surface area contributed by atoms with E-state index in [-0.39, 0.29) is 22.1 Å². The summed E-state index contributed by atoms with van der Waals surface area (Å²) < 4.78 is 27.5. The fourth-order valence-electron chi connectivity index (χ4n) is 3.67. The van der Waals surface area contributed by atoms with Crippen LogP contribution in [0.1, 0.15) is 68.5 Å². The molecule has 2 amide bonds. The van der Waals surface area contributed by atoms with Crippen LogP contribution in [-0.4, -0.2) is 37.7 Å². The maximum Gasteiger partial charge on any atom is 0.266 e. The largest absolute Gasteiger partial charge is 0.543 e.